The molecule has 0 radical (unpaired) electrons. The number of esters is 1. The minimum atomic E-state index is -0.351. The summed E-state index contributed by atoms with van der Waals surface area (Å²) in [7, 11) is 0. The quantitative estimate of drug-likeness (QED) is 0.271. The molecule has 1 saturated heterocycles. The molecule has 0 aromatic carbocycles. The van der Waals surface area contributed by atoms with E-state index in [-0.39, 0.29) is 18.2 Å². The molecule has 1 fully saturated rings. The average Bonchev–Trinajstić information content (AvgIpc) is 2.99. The standard InChI is InChI=1S/C20H34O3/c1-3-5-6-7-8-9-10-11-12-13-14-15-20(21)23-19-16-17-22-18(19)4-2/h2,18-19H,3,5-17H2,1H3. The molecule has 3 heteroatoms. The zero-order valence-corrected chi connectivity index (χ0v) is 14.9. The molecule has 0 amide bonds. The maximum Gasteiger partial charge on any atom is 0.306 e. The van der Waals surface area contributed by atoms with Gasteiger partial charge < -0.3 is 9.47 Å². The van der Waals surface area contributed by atoms with Crippen LogP contribution >= 0.6 is 0 Å². The van der Waals surface area contributed by atoms with Crippen molar-refractivity contribution in [2.45, 2.75) is 103 Å². The first-order valence-electron chi connectivity index (χ1n) is 9.55. The minimum absolute atomic E-state index is 0.128. The second-order valence-electron chi connectivity index (χ2n) is 6.56. The number of unbranched alkanes of at least 4 members (excludes halogenated alkanes) is 10. The Kier molecular flexibility index (Phi) is 11.7. The lowest BCUT2D eigenvalue weighted by atomic mass is 10.1. The average molecular weight is 322 g/mol. The fourth-order valence-corrected chi connectivity index (χ4v) is 3.01. The van der Waals surface area contributed by atoms with E-state index in [1.54, 1.807) is 0 Å². The molecule has 2 atom stereocenters. The first-order valence-corrected chi connectivity index (χ1v) is 9.55. The zero-order chi connectivity index (χ0) is 16.8. The van der Waals surface area contributed by atoms with Gasteiger partial charge in [-0.2, -0.15) is 0 Å². The van der Waals surface area contributed by atoms with Crippen molar-refractivity contribution in [3.8, 4) is 12.3 Å². The van der Waals surface area contributed by atoms with E-state index in [1.807, 2.05) is 0 Å². The van der Waals surface area contributed by atoms with Gasteiger partial charge in [-0.05, 0) is 6.42 Å². The van der Waals surface area contributed by atoms with Gasteiger partial charge in [0.25, 0.3) is 0 Å². The molecule has 132 valence electrons. The lowest BCUT2D eigenvalue weighted by Crippen LogP contribution is -2.25. The molecule has 0 N–H and O–H groups in total. The van der Waals surface area contributed by atoms with Crippen LogP contribution < -0.4 is 0 Å². The van der Waals surface area contributed by atoms with Gasteiger partial charge in [-0.3, -0.25) is 4.79 Å². The number of rotatable bonds is 13. The molecular weight excluding hydrogens is 288 g/mol. The van der Waals surface area contributed by atoms with Gasteiger partial charge in [-0.25, -0.2) is 0 Å². The topological polar surface area (TPSA) is 35.5 Å². The lowest BCUT2D eigenvalue weighted by Gasteiger charge is -2.14. The fourth-order valence-electron chi connectivity index (χ4n) is 3.01. The summed E-state index contributed by atoms with van der Waals surface area (Å²) in [6.07, 6.45) is 20.1. The first kappa shape index (κ1) is 20.0. The summed E-state index contributed by atoms with van der Waals surface area (Å²) < 4.78 is 10.7. The highest BCUT2D eigenvalue weighted by Gasteiger charge is 2.29. The second-order valence-corrected chi connectivity index (χ2v) is 6.56. The third kappa shape index (κ3) is 9.66. The van der Waals surface area contributed by atoms with Gasteiger partial charge in [0.1, 0.15) is 6.10 Å². The highest BCUT2D eigenvalue weighted by atomic mass is 16.6. The van der Waals surface area contributed by atoms with Crippen LogP contribution in [0, 0.1) is 12.3 Å². The summed E-state index contributed by atoms with van der Waals surface area (Å²) in [5.41, 5.74) is 0. The summed E-state index contributed by atoms with van der Waals surface area (Å²) in [6, 6.07) is 0. The Morgan fingerprint density at radius 3 is 2.17 bits per heavy atom. The van der Waals surface area contributed by atoms with Gasteiger partial charge in [0.05, 0.1) is 6.61 Å². The van der Waals surface area contributed by atoms with E-state index in [0.29, 0.717) is 13.0 Å². The summed E-state index contributed by atoms with van der Waals surface area (Å²) in [5, 5.41) is 0. The van der Waals surface area contributed by atoms with Gasteiger partial charge in [0.15, 0.2) is 6.10 Å². The summed E-state index contributed by atoms with van der Waals surface area (Å²) in [4.78, 5) is 11.8. The lowest BCUT2D eigenvalue weighted by molar-refractivity contribution is -0.150. The Balaban J connectivity index is 1.87. The molecule has 1 rings (SSSR count). The molecule has 1 heterocycles. The molecular formula is C20H34O3. The zero-order valence-electron chi connectivity index (χ0n) is 14.9. The van der Waals surface area contributed by atoms with Crippen molar-refractivity contribution in [3.63, 3.8) is 0 Å². The van der Waals surface area contributed by atoms with E-state index >= 15 is 0 Å². The van der Waals surface area contributed by atoms with Gasteiger partial charge >= 0.3 is 5.97 Å². The molecule has 1 aliphatic rings. The number of ether oxygens (including phenoxy) is 2. The monoisotopic (exact) mass is 322 g/mol. The van der Waals surface area contributed by atoms with Crippen molar-refractivity contribution < 1.29 is 14.3 Å². The number of carbonyl (C=O) groups excluding carboxylic acids is 1. The van der Waals surface area contributed by atoms with Crippen LogP contribution in [0.15, 0.2) is 0 Å². The molecule has 0 aromatic heterocycles. The van der Waals surface area contributed by atoms with Crippen molar-refractivity contribution in [1.29, 1.82) is 0 Å². The number of terminal acetylenes is 1. The third-order valence-electron chi connectivity index (χ3n) is 4.47. The van der Waals surface area contributed by atoms with E-state index in [4.69, 9.17) is 15.9 Å². The smallest absolute Gasteiger partial charge is 0.306 e. The van der Waals surface area contributed by atoms with Gasteiger partial charge in [-0.1, -0.05) is 77.1 Å². The van der Waals surface area contributed by atoms with Crippen LogP contribution in [-0.4, -0.2) is 24.8 Å². The van der Waals surface area contributed by atoms with Gasteiger partial charge in [0, 0.05) is 12.8 Å². The van der Waals surface area contributed by atoms with E-state index in [2.05, 4.69) is 12.8 Å². The van der Waals surface area contributed by atoms with Crippen LogP contribution in [-0.2, 0) is 14.3 Å². The second kappa shape index (κ2) is 13.4. The molecule has 2 unspecified atom stereocenters. The largest absolute Gasteiger partial charge is 0.458 e. The van der Waals surface area contributed by atoms with Crippen molar-refractivity contribution in [2.75, 3.05) is 6.61 Å². The predicted molar refractivity (Wildman–Crippen MR) is 94.1 cm³/mol. The molecule has 3 nitrogen and oxygen atoms in total. The number of carbonyl (C=O) groups is 1. The van der Waals surface area contributed by atoms with Crippen LogP contribution in [0.4, 0.5) is 0 Å². The first-order chi connectivity index (χ1) is 11.3. The predicted octanol–water partition coefficient (Wildman–Crippen LogP) is 5.02. The van der Waals surface area contributed by atoms with E-state index < -0.39 is 0 Å². The van der Waals surface area contributed by atoms with Crippen molar-refractivity contribution in [2.24, 2.45) is 0 Å². The van der Waals surface area contributed by atoms with Crippen molar-refractivity contribution in [1.82, 2.24) is 0 Å². The minimum Gasteiger partial charge on any atom is -0.458 e. The van der Waals surface area contributed by atoms with Crippen LogP contribution in [0.2, 0.25) is 0 Å². The Labute approximate surface area is 142 Å². The van der Waals surface area contributed by atoms with Crippen LogP contribution in [0.1, 0.15) is 90.4 Å². The Morgan fingerprint density at radius 2 is 1.61 bits per heavy atom. The van der Waals surface area contributed by atoms with Crippen LogP contribution in [0.5, 0.6) is 0 Å². The van der Waals surface area contributed by atoms with E-state index in [0.717, 1.165) is 19.3 Å². The Bertz CT molecular complexity index is 345. The molecule has 0 bridgehead atoms. The highest BCUT2D eigenvalue weighted by molar-refractivity contribution is 5.69. The SMILES string of the molecule is C#CC1OCCC1OC(=O)CCCCCCCCCCCCC. The van der Waals surface area contributed by atoms with E-state index in [1.165, 1.54) is 57.8 Å². The summed E-state index contributed by atoms with van der Waals surface area (Å²) in [5.74, 6) is 2.40. The van der Waals surface area contributed by atoms with E-state index in [9.17, 15) is 4.79 Å². The normalized spacial score (nSPS) is 20.3. The molecule has 0 aromatic rings. The summed E-state index contributed by atoms with van der Waals surface area (Å²) >= 11 is 0. The number of hydrogen-bond acceptors (Lipinski definition) is 3. The molecule has 0 aliphatic carbocycles. The molecule has 0 saturated carbocycles. The molecule has 23 heavy (non-hydrogen) atoms. The third-order valence-corrected chi connectivity index (χ3v) is 4.47. The maximum absolute atomic E-state index is 11.8. The Morgan fingerprint density at radius 1 is 1.04 bits per heavy atom. The van der Waals surface area contributed by atoms with Crippen molar-refractivity contribution in [3.05, 3.63) is 0 Å². The van der Waals surface area contributed by atoms with Crippen LogP contribution in [0.25, 0.3) is 0 Å². The Hall–Kier alpha value is -1.01. The maximum atomic E-state index is 11.8. The van der Waals surface area contributed by atoms with Gasteiger partial charge in [-0.15, -0.1) is 6.42 Å². The fraction of sp³-hybridized carbons (Fsp3) is 0.850. The van der Waals surface area contributed by atoms with Gasteiger partial charge in [0.2, 0.25) is 0 Å². The number of hydrogen-bond donors (Lipinski definition) is 0. The molecule has 1 aliphatic heterocycles. The molecule has 0 spiro atoms. The summed E-state index contributed by atoms with van der Waals surface area (Å²) in [6.45, 7) is 2.84. The highest BCUT2D eigenvalue weighted by Crippen LogP contribution is 2.18. The van der Waals surface area contributed by atoms with Crippen LogP contribution in [0.3, 0.4) is 0 Å². The van der Waals surface area contributed by atoms with Crippen molar-refractivity contribution >= 4 is 5.97 Å².